The molecule has 0 aromatic carbocycles. The Bertz CT molecular complexity index is 533. The first-order valence-corrected chi connectivity index (χ1v) is 5.58. The zero-order valence-electron chi connectivity index (χ0n) is 9.90. The summed E-state index contributed by atoms with van der Waals surface area (Å²) < 4.78 is 7.04. The molecule has 0 radical (unpaired) electrons. The highest BCUT2D eigenvalue weighted by atomic mass is 16.5. The van der Waals surface area contributed by atoms with Crippen molar-refractivity contribution in [1.82, 2.24) is 9.55 Å². The van der Waals surface area contributed by atoms with E-state index in [1.54, 1.807) is 13.8 Å². The van der Waals surface area contributed by atoms with Crippen LogP contribution in [0.2, 0.25) is 0 Å². The monoisotopic (exact) mass is 240 g/mol. The highest BCUT2D eigenvalue weighted by Gasteiger charge is 2.38. The number of aliphatic hydroxyl groups excluding tert-OH is 1. The minimum atomic E-state index is -0.792. The normalized spacial score (nSPS) is 28.5. The fourth-order valence-electron chi connectivity index (χ4n) is 2.13. The van der Waals surface area contributed by atoms with Gasteiger partial charge in [0.2, 0.25) is 0 Å². The summed E-state index contributed by atoms with van der Waals surface area (Å²) in [6, 6.07) is 0. The second-order valence-electron chi connectivity index (χ2n) is 4.58. The van der Waals surface area contributed by atoms with Gasteiger partial charge in [-0.3, -0.25) is 14.3 Å². The van der Waals surface area contributed by atoms with Crippen LogP contribution in [-0.4, -0.2) is 27.4 Å². The summed E-state index contributed by atoms with van der Waals surface area (Å²) >= 11 is 0. The topological polar surface area (TPSA) is 84.3 Å². The van der Waals surface area contributed by atoms with Gasteiger partial charge < -0.3 is 9.84 Å². The van der Waals surface area contributed by atoms with Crippen LogP contribution in [-0.2, 0) is 10.5 Å². The fourth-order valence-corrected chi connectivity index (χ4v) is 2.13. The summed E-state index contributed by atoms with van der Waals surface area (Å²) in [5.74, 6) is 0. The van der Waals surface area contributed by atoms with Crippen molar-refractivity contribution in [2.24, 2.45) is 0 Å². The van der Waals surface area contributed by atoms with Crippen molar-refractivity contribution in [3.05, 3.63) is 32.6 Å². The zero-order valence-corrected chi connectivity index (χ0v) is 9.90. The molecule has 1 aliphatic rings. The van der Waals surface area contributed by atoms with Crippen LogP contribution in [0.3, 0.4) is 0 Å². The molecule has 2 heterocycles. The van der Waals surface area contributed by atoms with Gasteiger partial charge in [0.05, 0.1) is 12.7 Å². The van der Waals surface area contributed by atoms with E-state index in [9.17, 15) is 9.59 Å². The van der Waals surface area contributed by atoms with Gasteiger partial charge in [0, 0.05) is 11.8 Å². The summed E-state index contributed by atoms with van der Waals surface area (Å²) in [6.45, 7) is 3.35. The lowest BCUT2D eigenvalue weighted by Gasteiger charge is -2.27. The second-order valence-corrected chi connectivity index (χ2v) is 4.58. The van der Waals surface area contributed by atoms with Crippen LogP contribution in [0.4, 0.5) is 0 Å². The van der Waals surface area contributed by atoms with Crippen molar-refractivity contribution in [1.29, 1.82) is 0 Å². The third-order valence-electron chi connectivity index (χ3n) is 3.18. The Morgan fingerprint density at radius 3 is 2.94 bits per heavy atom. The summed E-state index contributed by atoms with van der Waals surface area (Å²) in [7, 11) is 0. The minimum Gasteiger partial charge on any atom is -0.394 e. The number of aryl methyl sites for hydroxylation is 1. The molecule has 1 aromatic heterocycles. The average Bonchev–Trinajstić information content (AvgIpc) is 2.66. The molecular weight excluding hydrogens is 224 g/mol. The average molecular weight is 240 g/mol. The van der Waals surface area contributed by atoms with Crippen molar-refractivity contribution in [3.8, 4) is 0 Å². The predicted molar refractivity (Wildman–Crippen MR) is 60.9 cm³/mol. The molecule has 2 rings (SSSR count). The van der Waals surface area contributed by atoms with Crippen LogP contribution in [0.5, 0.6) is 0 Å². The van der Waals surface area contributed by atoms with Gasteiger partial charge >= 0.3 is 5.69 Å². The first-order chi connectivity index (χ1) is 7.96. The van der Waals surface area contributed by atoms with Crippen LogP contribution in [0.25, 0.3) is 0 Å². The summed E-state index contributed by atoms with van der Waals surface area (Å²) in [5.41, 5.74) is -1.20. The van der Waals surface area contributed by atoms with E-state index in [-0.39, 0.29) is 18.3 Å². The molecule has 2 N–H and O–H groups in total. The number of hydrogen-bond donors (Lipinski definition) is 2. The number of aliphatic hydroxyl groups is 1. The lowest BCUT2D eigenvalue weighted by molar-refractivity contribution is -0.100. The van der Waals surface area contributed by atoms with E-state index in [4.69, 9.17) is 9.84 Å². The molecule has 94 valence electrons. The Morgan fingerprint density at radius 1 is 1.65 bits per heavy atom. The number of nitrogens with zero attached hydrogens (tertiary/aromatic N) is 1. The molecule has 1 fully saturated rings. The van der Waals surface area contributed by atoms with Crippen LogP contribution >= 0.6 is 0 Å². The standard InChI is InChI=1S/C11H16N2O4/c1-7-5-13(10(16)12-9(7)15)11(2)4-3-8(6-14)17-11/h5,8,14H,3-4,6H2,1-2H3,(H,12,15,16)/t8-,11+/m0/s1. The maximum Gasteiger partial charge on any atom is 0.330 e. The van der Waals surface area contributed by atoms with Crippen molar-refractivity contribution in [2.75, 3.05) is 6.61 Å². The van der Waals surface area contributed by atoms with E-state index in [1.165, 1.54) is 10.8 Å². The van der Waals surface area contributed by atoms with Gasteiger partial charge in [-0.05, 0) is 26.7 Å². The van der Waals surface area contributed by atoms with Gasteiger partial charge in [-0.25, -0.2) is 4.79 Å². The molecule has 6 heteroatoms. The van der Waals surface area contributed by atoms with Gasteiger partial charge in [-0.1, -0.05) is 0 Å². The first-order valence-electron chi connectivity index (χ1n) is 5.58. The molecule has 0 saturated carbocycles. The van der Waals surface area contributed by atoms with Crippen LogP contribution < -0.4 is 11.2 Å². The Balaban J connectivity index is 2.44. The number of ether oxygens (including phenoxy) is 1. The number of H-pyrrole nitrogens is 1. The summed E-state index contributed by atoms with van der Waals surface area (Å²) in [5, 5.41) is 9.04. The molecule has 17 heavy (non-hydrogen) atoms. The minimum absolute atomic E-state index is 0.0628. The molecule has 0 unspecified atom stereocenters. The smallest absolute Gasteiger partial charge is 0.330 e. The number of nitrogens with one attached hydrogen (secondary N) is 1. The maximum atomic E-state index is 11.7. The quantitative estimate of drug-likeness (QED) is 0.742. The van der Waals surface area contributed by atoms with Gasteiger partial charge in [0.15, 0.2) is 0 Å². The molecular formula is C11H16N2O4. The van der Waals surface area contributed by atoms with Crippen molar-refractivity contribution >= 4 is 0 Å². The van der Waals surface area contributed by atoms with Crippen molar-refractivity contribution in [3.63, 3.8) is 0 Å². The van der Waals surface area contributed by atoms with Gasteiger partial charge in [0.1, 0.15) is 5.72 Å². The molecule has 1 aromatic rings. The lowest BCUT2D eigenvalue weighted by Crippen LogP contribution is -2.43. The summed E-state index contributed by atoms with van der Waals surface area (Å²) in [6.07, 6.45) is 2.57. The second kappa shape index (κ2) is 4.12. The molecule has 0 bridgehead atoms. The van der Waals surface area contributed by atoms with Crippen molar-refractivity contribution in [2.45, 2.75) is 38.5 Å². The zero-order chi connectivity index (χ0) is 12.6. The molecule has 0 aliphatic carbocycles. The van der Waals surface area contributed by atoms with E-state index in [2.05, 4.69) is 4.98 Å². The lowest BCUT2D eigenvalue weighted by atomic mass is 10.1. The highest BCUT2D eigenvalue weighted by molar-refractivity contribution is 5.03. The van der Waals surface area contributed by atoms with Crippen LogP contribution in [0.15, 0.2) is 15.8 Å². The predicted octanol–water partition coefficient (Wildman–Crippen LogP) is -0.311. The highest BCUT2D eigenvalue weighted by Crippen LogP contribution is 2.32. The summed E-state index contributed by atoms with van der Waals surface area (Å²) in [4.78, 5) is 25.3. The first kappa shape index (κ1) is 12.1. The Kier molecular flexibility index (Phi) is 2.92. The molecule has 1 saturated heterocycles. The van der Waals surface area contributed by atoms with E-state index < -0.39 is 11.4 Å². The van der Waals surface area contributed by atoms with Crippen LogP contribution in [0, 0.1) is 6.92 Å². The van der Waals surface area contributed by atoms with Gasteiger partial charge in [-0.15, -0.1) is 0 Å². The van der Waals surface area contributed by atoms with E-state index in [1.807, 2.05) is 0 Å². The third-order valence-corrected chi connectivity index (χ3v) is 3.18. The Labute approximate surface area is 97.9 Å². The SMILES string of the molecule is Cc1cn([C@@]2(C)CC[C@@H](CO)O2)c(=O)[nH]c1=O. The van der Waals surface area contributed by atoms with E-state index in [0.29, 0.717) is 18.4 Å². The molecule has 0 spiro atoms. The van der Waals surface area contributed by atoms with E-state index in [0.717, 1.165) is 0 Å². The van der Waals surface area contributed by atoms with E-state index >= 15 is 0 Å². The Morgan fingerprint density at radius 2 is 2.35 bits per heavy atom. The third kappa shape index (κ3) is 2.05. The number of rotatable bonds is 2. The maximum absolute atomic E-state index is 11.7. The molecule has 1 aliphatic heterocycles. The van der Waals surface area contributed by atoms with Crippen LogP contribution in [0.1, 0.15) is 25.3 Å². The molecule has 0 amide bonds. The number of hydrogen-bond acceptors (Lipinski definition) is 4. The van der Waals surface area contributed by atoms with Crippen molar-refractivity contribution < 1.29 is 9.84 Å². The van der Waals surface area contributed by atoms with Gasteiger partial charge in [0.25, 0.3) is 5.56 Å². The Hall–Kier alpha value is -1.40. The fraction of sp³-hybridized carbons (Fsp3) is 0.636. The molecule has 6 nitrogen and oxygen atoms in total. The number of aromatic nitrogens is 2. The molecule has 2 atom stereocenters. The largest absolute Gasteiger partial charge is 0.394 e. The van der Waals surface area contributed by atoms with Gasteiger partial charge in [-0.2, -0.15) is 0 Å². The number of aromatic amines is 1.